The monoisotopic (exact) mass is 243 g/mol. The van der Waals surface area contributed by atoms with Crippen LogP contribution in [0.2, 0.25) is 0 Å². The molecule has 1 aromatic carbocycles. The van der Waals surface area contributed by atoms with Gasteiger partial charge in [-0.3, -0.25) is 0 Å². The van der Waals surface area contributed by atoms with E-state index < -0.39 is 0 Å². The summed E-state index contributed by atoms with van der Waals surface area (Å²) in [6.07, 6.45) is 5.74. The van der Waals surface area contributed by atoms with E-state index in [4.69, 9.17) is 5.73 Å². The Balaban J connectivity index is 1.96. The van der Waals surface area contributed by atoms with Gasteiger partial charge in [-0.05, 0) is 32.3 Å². The van der Waals surface area contributed by atoms with Gasteiger partial charge < -0.3 is 10.3 Å². The third-order valence-electron chi connectivity index (χ3n) is 3.28. The van der Waals surface area contributed by atoms with Crippen LogP contribution < -0.4 is 5.73 Å². The summed E-state index contributed by atoms with van der Waals surface area (Å²) in [5.74, 6) is 0.990. The summed E-state index contributed by atoms with van der Waals surface area (Å²) in [6, 6.07) is 8.66. The maximum atomic E-state index is 6.21. The Labute approximate surface area is 109 Å². The molecular formula is C15H21N3. The van der Waals surface area contributed by atoms with E-state index in [1.165, 1.54) is 11.1 Å². The first-order valence-electron chi connectivity index (χ1n) is 6.53. The van der Waals surface area contributed by atoms with E-state index in [2.05, 4.69) is 47.7 Å². The van der Waals surface area contributed by atoms with Gasteiger partial charge in [0.05, 0.1) is 6.04 Å². The lowest BCUT2D eigenvalue weighted by atomic mass is 10.0. The molecule has 0 aliphatic heterocycles. The fourth-order valence-electron chi connectivity index (χ4n) is 2.12. The van der Waals surface area contributed by atoms with Gasteiger partial charge in [0.2, 0.25) is 0 Å². The van der Waals surface area contributed by atoms with Crippen LogP contribution in [0.25, 0.3) is 0 Å². The Kier molecular flexibility index (Phi) is 4.15. The van der Waals surface area contributed by atoms with Crippen molar-refractivity contribution in [2.24, 2.45) is 5.73 Å². The third kappa shape index (κ3) is 2.99. The zero-order chi connectivity index (χ0) is 13.0. The van der Waals surface area contributed by atoms with Gasteiger partial charge in [-0.2, -0.15) is 0 Å². The number of hydrogen-bond acceptors (Lipinski definition) is 2. The molecule has 1 heterocycles. The van der Waals surface area contributed by atoms with Crippen molar-refractivity contribution < 1.29 is 0 Å². The molecule has 1 unspecified atom stereocenters. The molecule has 0 saturated heterocycles. The van der Waals surface area contributed by atoms with E-state index in [1.54, 1.807) is 0 Å². The highest BCUT2D eigenvalue weighted by atomic mass is 15.1. The van der Waals surface area contributed by atoms with Crippen LogP contribution in [0, 0.1) is 6.92 Å². The first kappa shape index (κ1) is 12.8. The van der Waals surface area contributed by atoms with Crippen LogP contribution in [0.1, 0.15) is 36.3 Å². The predicted molar refractivity (Wildman–Crippen MR) is 74.3 cm³/mol. The summed E-state index contributed by atoms with van der Waals surface area (Å²) in [4.78, 5) is 4.35. The second kappa shape index (κ2) is 5.83. The number of imidazole rings is 1. The first-order chi connectivity index (χ1) is 8.70. The highest BCUT2D eigenvalue weighted by Gasteiger charge is 2.11. The zero-order valence-electron chi connectivity index (χ0n) is 11.1. The molecule has 1 atom stereocenters. The van der Waals surface area contributed by atoms with Gasteiger partial charge in [0.1, 0.15) is 5.82 Å². The van der Waals surface area contributed by atoms with E-state index in [0.29, 0.717) is 0 Å². The fourth-order valence-corrected chi connectivity index (χ4v) is 2.12. The average Bonchev–Trinajstić information content (AvgIpc) is 2.86. The number of nitrogens with two attached hydrogens (primary N) is 1. The molecule has 0 aliphatic rings. The highest BCUT2D eigenvalue weighted by Crippen LogP contribution is 2.15. The molecule has 1 aromatic heterocycles. The molecule has 3 heteroatoms. The van der Waals surface area contributed by atoms with Crippen molar-refractivity contribution in [1.29, 1.82) is 0 Å². The number of benzene rings is 1. The van der Waals surface area contributed by atoms with Crippen LogP contribution in [-0.2, 0) is 13.0 Å². The molecule has 96 valence electrons. The summed E-state index contributed by atoms with van der Waals surface area (Å²) in [6.45, 7) is 5.14. The van der Waals surface area contributed by atoms with Crippen molar-refractivity contribution >= 4 is 0 Å². The third-order valence-corrected chi connectivity index (χ3v) is 3.28. The smallest absolute Gasteiger partial charge is 0.125 e. The molecule has 0 amide bonds. The maximum Gasteiger partial charge on any atom is 0.125 e. The molecule has 0 fully saturated rings. The van der Waals surface area contributed by atoms with Crippen LogP contribution in [0.3, 0.4) is 0 Å². The lowest BCUT2D eigenvalue weighted by Gasteiger charge is -2.13. The first-order valence-corrected chi connectivity index (χ1v) is 6.53. The molecular weight excluding hydrogens is 222 g/mol. The van der Waals surface area contributed by atoms with Crippen molar-refractivity contribution in [3.05, 3.63) is 53.6 Å². The molecule has 0 radical (unpaired) electrons. The average molecular weight is 243 g/mol. The van der Waals surface area contributed by atoms with E-state index in [-0.39, 0.29) is 6.04 Å². The Morgan fingerprint density at radius 3 is 2.67 bits per heavy atom. The highest BCUT2D eigenvalue weighted by molar-refractivity contribution is 5.21. The number of rotatable bonds is 5. The van der Waals surface area contributed by atoms with Gasteiger partial charge in [0, 0.05) is 18.9 Å². The zero-order valence-corrected chi connectivity index (χ0v) is 11.1. The molecule has 0 bridgehead atoms. The second-order valence-electron chi connectivity index (χ2n) is 4.70. The molecule has 3 nitrogen and oxygen atoms in total. The summed E-state index contributed by atoms with van der Waals surface area (Å²) in [7, 11) is 0. The van der Waals surface area contributed by atoms with Crippen molar-refractivity contribution in [1.82, 2.24) is 9.55 Å². The van der Waals surface area contributed by atoms with Crippen LogP contribution in [0.4, 0.5) is 0 Å². The molecule has 0 spiro atoms. The summed E-state index contributed by atoms with van der Waals surface area (Å²) >= 11 is 0. The Bertz CT molecular complexity index is 485. The standard InChI is InChI=1S/C15H21N3/c1-3-18-11-10-17-15(18)14(16)9-8-13-6-4-12(2)5-7-13/h4-7,10-11,14H,3,8-9,16H2,1-2H3. The van der Waals surface area contributed by atoms with Gasteiger partial charge >= 0.3 is 0 Å². The van der Waals surface area contributed by atoms with Crippen LogP contribution in [-0.4, -0.2) is 9.55 Å². The minimum Gasteiger partial charge on any atom is -0.334 e. The molecule has 0 saturated carbocycles. The Hall–Kier alpha value is -1.61. The van der Waals surface area contributed by atoms with Crippen LogP contribution in [0.15, 0.2) is 36.7 Å². The van der Waals surface area contributed by atoms with Gasteiger partial charge in [-0.1, -0.05) is 29.8 Å². The fraction of sp³-hybridized carbons (Fsp3) is 0.400. The van der Waals surface area contributed by atoms with Crippen molar-refractivity contribution in [2.45, 2.75) is 39.3 Å². The molecule has 2 N–H and O–H groups in total. The number of aryl methyl sites for hydroxylation is 3. The van der Waals surface area contributed by atoms with E-state index >= 15 is 0 Å². The van der Waals surface area contributed by atoms with E-state index in [9.17, 15) is 0 Å². The molecule has 0 aliphatic carbocycles. The van der Waals surface area contributed by atoms with Gasteiger partial charge in [-0.25, -0.2) is 4.98 Å². The number of nitrogens with zero attached hydrogens (tertiary/aromatic N) is 2. The van der Waals surface area contributed by atoms with Crippen LogP contribution >= 0.6 is 0 Å². The number of hydrogen-bond donors (Lipinski definition) is 1. The topological polar surface area (TPSA) is 43.8 Å². The quantitative estimate of drug-likeness (QED) is 0.877. The summed E-state index contributed by atoms with van der Waals surface area (Å²) < 4.78 is 2.11. The van der Waals surface area contributed by atoms with Crippen molar-refractivity contribution in [3.63, 3.8) is 0 Å². The largest absolute Gasteiger partial charge is 0.334 e. The van der Waals surface area contributed by atoms with Gasteiger partial charge in [0.25, 0.3) is 0 Å². The number of aromatic nitrogens is 2. The van der Waals surface area contributed by atoms with E-state index in [0.717, 1.165) is 25.2 Å². The minimum absolute atomic E-state index is 0.0150. The molecule has 2 aromatic rings. The SMILES string of the molecule is CCn1ccnc1C(N)CCc1ccc(C)cc1. The Morgan fingerprint density at radius 2 is 2.00 bits per heavy atom. The van der Waals surface area contributed by atoms with E-state index in [1.807, 2.05) is 12.4 Å². The lowest BCUT2D eigenvalue weighted by molar-refractivity contribution is 0.567. The second-order valence-corrected chi connectivity index (χ2v) is 4.70. The Morgan fingerprint density at radius 1 is 1.28 bits per heavy atom. The van der Waals surface area contributed by atoms with Crippen molar-refractivity contribution in [2.75, 3.05) is 0 Å². The van der Waals surface area contributed by atoms with Crippen molar-refractivity contribution in [3.8, 4) is 0 Å². The normalized spacial score (nSPS) is 12.6. The predicted octanol–water partition coefficient (Wildman–Crippen LogP) is 2.84. The lowest BCUT2D eigenvalue weighted by Crippen LogP contribution is -2.17. The summed E-state index contributed by atoms with van der Waals surface area (Å²) in [5.41, 5.74) is 8.84. The molecule has 2 rings (SSSR count). The van der Waals surface area contributed by atoms with Gasteiger partial charge in [-0.15, -0.1) is 0 Å². The maximum absolute atomic E-state index is 6.21. The summed E-state index contributed by atoms with van der Waals surface area (Å²) in [5, 5.41) is 0. The minimum atomic E-state index is 0.0150. The van der Waals surface area contributed by atoms with Gasteiger partial charge in [0.15, 0.2) is 0 Å². The molecule has 18 heavy (non-hydrogen) atoms. The van der Waals surface area contributed by atoms with Crippen LogP contribution in [0.5, 0.6) is 0 Å².